The molecule has 0 aliphatic heterocycles. The predicted octanol–water partition coefficient (Wildman–Crippen LogP) is 7.14. The molecule has 0 saturated heterocycles. The molecule has 0 spiro atoms. The number of hydrogen-bond acceptors (Lipinski definition) is 2. The van der Waals surface area contributed by atoms with Gasteiger partial charge in [-0.1, -0.05) is 56.8 Å². The number of carbonyl (C=O) groups is 1. The van der Waals surface area contributed by atoms with E-state index in [4.69, 9.17) is 4.74 Å². The van der Waals surface area contributed by atoms with Crippen LogP contribution < -0.4 is 4.74 Å². The molecule has 1 fully saturated rings. The van der Waals surface area contributed by atoms with Crippen LogP contribution in [0.2, 0.25) is 0 Å². The topological polar surface area (TPSA) is 26.3 Å². The third kappa shape index (κ3) is 7.62. The lowest BCUT2D eigenvalue weighted by molar-refractivity contribution is -0.140. The number of esters is 1. The van der Waals surface area contributed by atoms with E-state index in [1.54, 1.807) is 0 Å². The highest BCUT2D eigenvalue weighted by Gasteiger charge is 2.27. The maximum atomic E-state index is 12.6. The molecule has 1 saturated carbocycles. The number of ether oxygens (including phenoxy) is 1. The Morgan fingerprint density at radius 1 is 0.812 bits per heavy atom. The van der Waals surface area contributed by atoms with Gasteiger partial charge in [-0.25, -0.2) is 0 Å². The second-order valence-corrected chi connectivity index (χ2v) is 8.71. The van der Waals surface area contributed by atoms with Gasteiger partial charge >= 0.3 is 5.97 Å². The molecule has 0 aromatic heterocycles. The summed E-state index contributed by atoms with van der Waals surface area (Å²) in [7, 11) is 0. The first-order chi connectivity index (χ1) is 15.7. The van der Waals surface area contributed by atoms with E-state index in [-0.39, 0.29) is 11.9 Å². The molecule has 2 heteroatoms. The molecule has 0 unspecified atom stereocenters. The fourth-order valence-electron chi connectivity index (χ4n) is 4.28. The van der Waals surface area contributed by atoms with Crippen molar-refractivity contribution in [2.45, 2.75) is 71.6 Å². The van der Waals surface area contributed by atoms with Gasteiger partial charge in [0.15, 0.2) is 0 Å². The molecular formula is C30H34O2. The van der Waals surface area contributed by atoms with E-state index in [9.17, 15) is 4.79 Å². The lowest BCUT2D eigenvalue weighted by Crippen LogP contribution is -2.25. The minimum atomic E-state index is -0.0801. The Morgan fingerprint density at radius 2 is 1.38 bits per heavy atom. The normalized spacial score (nSPS) is 17.4. The molecule has 1 aliphatic rings. The highest BCUT2D eigenvalue weighted by molar-refractivity contribution is 5.75. The van der Waals surface area contributed by atoms with Crippen LogP contribution in [0.1, 0.15) is 88.3 Å². The number of unbranched alkanes of at least 4 members (excludes halogenated alkanes) is 3. The highest BCUT2D eigenvalue weighted by Crippen LogP contribution is 2.33. The van der Waals surface area contributed by atoms with Gasteiger partial charge in [0, 0.05) is 16.7 Å². The van der Waals surface area contributed by atoms with E-state index >= 15 is 0 Å². The van der Waals surface area contributed by atoms with Crippen LogP contribution in [0.25, 0.3) is 0 Å². The predicted molar refractivity (Wildman–Crippen MR) is 131 cm³/mol. The van der Waals surface area contributed by atoms with Gasteiger partial charge in [-0.2, -0.15) is 0 Å². The van der Waals surface area contributed by atoms with Crippen LogP contribution in [0.15, 0.2) is 48.5 Å². The maximum Gasteiger partial charge on any atom is 0.314 e. The van der Waals surface area contributed by atoms with Crippen LogP contribution >= 0.6 is 0 Å². The lowest BCUT2D eigenvalue weighted by Gasteiger charge is -2.27. The minimum Gasteiger partial charge on any atom is -0.426 e. The maximum absolute atomic E-state index is 12.6. The van der Waals surface area contributed by atoms with E-state index in [1.807, 2.05) is 55.5 Å². The summed E-state index contributed by atoms with van der Waals surface area (Å²) in [5.41, 5.74) is 2.83. The number of benzene rings is 2. The Labute approximate surface area is 193 Å². The average Bonchev–Trinajstić information content (AvgIpc) is 2.83. The fraction of sp³-hybridized carbons (Fsp3) is 0.433. The van der Waals surface area contributed by atoms with Crippen LogP contribution in [0.4, 0.5) is 0 Å². The summed E-state index contributed by atoms with van der Waals surface area (Å²) in [4.78, 5) is 12.6. The molecule has 0 amide bonds. The molecular weight excluding hydrogens is 392 g/mol. The lowest BCUT2D eigenvalue weighted by atomic mass is 9.80. The van der Waals surface area contributed by atoms with E-state index in [1.165, 1.54) is 32.1 Å². The summed E-state index contributed by atoms with van der Waals surface area (Å²) in [5, 5.41) is 0. The summed E-state index contributed by atoms with van der Waals surface area (Å²) in [5.74, 6) is 13.6. The zero-order chi connectivity index (χ0) is 22.6. The van der Waals surface area contributed by atoms with Gasteiger partial charge < -0.3 is 4.74 Å². The van der Waals surface area contributed by atoms with Crippen LogP contribution in [-0.4, -0.2) is 5.97 Å². The van der Waals surface area contributed by atoms with Gasteiger partial charge in [-0.3, -0.25) is 4.79 Å². The van der Waals surface area contributed by atoms with Gasteiger partial charge in [0.2, 0.25) is 0 Å². The molecule has 3 rings (SSSR count). The quantitative estimate of drug-likeness (QED) is 0.203. The Hall–Kier alpha value is -2.97. The van der Waals surface area contributed by atoms with Crippen molar-refractivity contribution >= 4 is 5.97 Å². The van der Waals surface area contributed by atoms with Crippen molar-refractivity contribution in [3.8, 4) is 29.4 Å². The number of hydrogen-bond donors (Lipinski definition) is 0. The van der Waals surface area contributed by atoms with Crippen LogP contribution in [0.3, 0.4) is 0 Å². The molecule has 0 heterocycles. The van der Waals surface area contributed by atoms with E-state index in [0.29, 0.717) is 5.75 Å². The first-order valence-electron chi connectivity index (χ1n) is 12.0. The van der Waals surface area contributed by atoms with Gasteiger partial charge in [0.05, 0.1) is 5.92 Å². The average molecular weight is 427 g/mol. The van der Waals surface area contributed by atoms with Crippen LogP contribution in [0.5, 0.6) is 5.75 Å². The Bertz CT molecular complexity index is 970. The van der Waals surface area contributed by atoms with Crippen molar-refractivity contribution in [3.63, 3.8) is 0 Å². The largest absolute Gasteiger partial charge is 0.426 e. The van der Waals surface area contributed by atoms with Gasteiger partial charge in [0.25, 0.3) is 0 Å². The zero-order valence-electron chi connectivity index (χ0n) is 19.5. The van der Waals surface area contributed by atoms with Crippen LogP contribution in [0, 0.1) is 35.5 Å². The highest BCUT2D eigenvalue weighted by atomic mass is 16.5. The van der Waals surface area contributed by atoms with E-state index in [0.717, 1.165) is 48.3 Å². The van der Waals surface area contributed by atoms with Crippen LogP contribution in [-0.2, 0) is 4.79 Å². The van der Waals surface area contributed by atoms with Crippen molar-refractivity contribution < 1.29 is 9.53 Å². The third-order valence-corrected chi connectivity index (χ3v) is 6.22. The van der Waals surface area contributed by atoms with E-state index in [2.05, 4.69) is 30.6 Å². The first kappa shape index (κ1) is 23.7. The zero-order valence-corrected chi connectivity index (χ0v) is 19.5. The molecule has 0 radical (unpaired) electrons. The molecule has 1 aliphatic carbocycles. The first-order valence-corrected chi connectivity index (χ1v) is 12.0. The Balaban J connectivity index is 1.45. The third-order valence-electron chi connectivity index (χ3n) is 6.22. The summed E-state index contributed by atoms with van der Waals surface area (Å²) < 4.78 is 5.66. The summed E-state index contributed by atoms with van der Waals surface area (Å²) in [6, 6.07) is 15.4. The Morgan fingerprint density at radius 3 is 1.94 bits per heavy atom. The molecule has 166 valence electrons. The molecule has 2 nitrogen and oxygen atoms in total. The number of carbonyl (C=O) groups excluding carboxylic acids is 1. The molecule has 0 N–H and O–H groups in total. The molecule has 32 heavy (non-hydrogen) atoms. The van der Waals surface area contributed by atoms with Crippen molar-refractivity contribution in [2.75, 3.05) is 0 Å². The standard InChI is InChI=1S/C30H34O2/c1-3-5-6-7-9-25-16-20-28(21-17-25)30(31)32-29-22-18-27(19-23-29)15-14-26-12-10-24(8-4-2)11-13-26/h10-13,18-19,22-23,25,28H,3,5-7,9,16-17,20-21H2,1-2H3/t25-,28-. The molecule has 0 bridgehead atoms. The molecule has 2 aromatic rings. The van der Waals surface area contributed by atoms with E-state index < -0.39 is 0 Å². The van der Waals surface area contributed by atoms with Crippen molar-refractivity contribution in [3.05, 3.63) is 65.2 Å². The molecule has 2 aromatic carbocycles. The summed E-state index contributed by atoms with van der Waals surface area (Å²) in [6.45, 7) is 4.08. The van der Waals surface area contributed by atoms with Gasteiger partial charge in [0.1, 0.15) is 5.75 Å². The second-order valence-electron chi connectivity index (χ2n) is 8.71. The second kappa shape index (κ2) is 12.8. The number of rotatable bonds is 7. The smallest absolute Gasteiger partial charge is 0.314 e. The fourth-order valence-corrected chi connectivity index (χ4v) is 4.28. The Kier molecular flexibility index (Phi) is 9.46. The summed E-state index contributed by atoms with van der Waals surface area (Å²) in [6.07, 6.45) is 10.9. The van der Waals surface area contributed by atoms with Crippen molar-refractivity contribution in [2.24, 2.45) is 11.8 Å². The SMILES string of the molecule is CC#Cc1ccc(C#Cc2ccc(OC(=O)[C@H]3CC[C@H](CCCCCC)CC3)cc2)cc1. The van der Waals surface area contributed by atoms with Gasteiger partial charge in [-0.15, -0.1) is 5.92 Å². The monoisotopic (exact) mass is 426 g/mol. The minimum absolute atomic E-state index is 0.0433. The molecule has 0 atom stereocenters. The van der Waals surface area contributed by atoms with Gasteiger partial charge in [-0.05, 0) is 87.1 Å². The summed E-state index contributed by atoms with van der Waals surface area (Å²) >= 11 is 0. The van der Waals surface area contributed by atoms with Crippen molar-refractivity contribution in [1.82, 2.24) is 0 Å². The van der Waals surface area contributed by atoms with Crippen molar-refractivity contribution in [1.29, 1.82) is 0 Å².